The molecule has 0 aliphatic carbocycles. The zero-order valence-electron chi connectivity index (χ0n) is 8.27. The van der Waals surface area contributed by atoms with E-state index in [1.165, 1.54) is 0 Å². The van der Waals surface area contributed by atoms with E-state index in [-0.39, 0.29) is 13.2 Å². The molecule has 2 saturated heterocycles. The number of rotatable bonds is 1. The number of fused-ring (bicyclic) bond motifs is 1. The Kier molecular flexibility index (Phi) is 2.98. The molecule has 0 aromatic rings. The van der Waals surface area contributed by atoms with Crippen molar-refractivity contribution < 1.29 is 25.5 Å². The van der Waals surface area contributed by atoms with E-state index in [2.05, 4.69) is 0 Å². The van der Waals surface area contributed by atoms with Crippen molar-refractivity contribution in [1.82, 2.24) is 4.90 Å². The standard InChI is InChI=1S/C9H17NO5/c11-3-4-5(12)1-10-2-6(13)8(14)9(15)7(4)10/h4-9,11-15H,1-3H2. The lowest BCUT2D eigenvalue weighted by atomic mass is 9.87. The maximum Gasteiger partial charge on any atom is 0.108 e. The van der Waals surface area contributed by atoms with Gasteiger partial charge in [0.05, 0.1) is 24.9 Å². The minimum Gasteiger partial charge on any atom is -0.396 e. The maximum atomic E-state index is 9.76. The van der Waals surface area contributed by atoms with Crippen molar-refractivity contribution in [1.29, 1.82) is 0 Å². The van der Waals surface area contributed by atoms with Crippen LogP contribution in [0, 0.1) is 5.92 Å². The summed E-state index contributed by atoms with van der Waals surface area (Å²) in [6, 6.07) is -0.469. The van der Waals surface area contributed by atoms with E-state index in [1.807, 2.05) is 0 Å². The molecule has 5 N–H and O–H groups in total. The van der Waals surface area contributed by atoms with E-state index in [0.29, 0.717) is 6.54 Å². The second-order valence-electron chi connectivity index (χ2n) is 4.41. The maximum absolute atomic E-state index is 9.76. The third-order valence-electron chi connectivity index (χ3n) is 3.50. The van der Waals surface area contributed by atoms with E-state index in [9.17, 15) is 20.4 Å². The van der Waals surface area contributed by atoms with Gasteiger partial charge in [0, 0.05) is 25.0 Å². The number of aliphatic hydroxyl groups excluding tert-OH is 5. The number of hydrogen-bond donors (Lipinski definition) is 5. The summed E-state index contributed by atoms with van der Waals surface area (Å²) in [7, 11) is 0. The van der Waals surface area contributed by atoms with Crippen LogP contribution in [-0.2, 0) is 0 Å². The van der Waals surface area contributed by atoms with Gasteiger partial charge in [-0.25, -0.2) is 0 Å². The number of nitrogens with zero attached hydrogens (tertiary/aromatic N) is 1. The summed E-state index contributed by atoms with van der Waals surface area (Å²) in [5.41, 5.74) is 0. The average molecular weight is 219 g/mol. The Morgan fingerprint density at radius 1 is 0.933 bits per heavy atom. The Hall–Kier alpha value is -0.240. The SMILES string of the molecule is OCC1C(O)CN2CC(O)C(O)C(O)C12. The zero-order valence-corrected chi connectivity index (χ0v) is 8.27. The lowest BCUT2D eigenvalue weighted by molar-refractivity contribution is -0.136. The molecule has 6 atom stereocenters. The molecule has 2 fully saturated rings. The van der Waals surface area contributed by atoms with Crippen LogP contribution in [-0.4, -0.2) is 80.6 Å². The van der Waals surface area contributed by atoms with Gasteiger partial charge in [0.1, 0.15) is 6.10 Å². The smallest absolute Gasteiger partial charge is 0.108 e. The van der Waals surface area contributed by atoms with Crippen LogP contribution >= 0.6 is 0 Å². The zero-order chi connectivity index (χ0) is 11.2. The van der Waals surface area contributed by atoms with E-state index >= 15 is 0 Å². The lowest BCUT2D eigenvalue weighted by Crippen LogP contribution is -2.60. The number of aliphatic hydroxyl groups is 5. The van der Waals surface area contributed by atoms with Gasteiger partial charge in [0.2, 0.25) is 0 Å². The fourth-order valence-electron chi connectivity index (χ4n) is 2.67. The van der Waals surface area contributed by atoms with Crippen LogP contribution in [0.1, 0.15) is 0 Å². The van der Waals surface area contributed by atoms with Crippen LogP contribution < -0.4 is 0 Å². The van der Waals surface area contributed by atoms with Gasteiger partial charge >= 0.3 is 0 Å². The molecule has 0 bridgehead atoms. The number of hydrogen-bond acceptors (Lipinski definition) is 6. The fourth-order valence-corrected chi connectivity index (χ4v) is 2.67. The van der Waals surface area contributed by atoms with Gasteiger partial charge < -0.3 is 25.5 Å². The molecule has 2 rings (SSSR count). The summed E-state index contributed by atoms with van der Waals surface area (Å²) in [6.07, 6.45) is -4.04. The van der Waals surface area contributed by atoms with Gasteiger partial charge in [-0.15, -0.1) is 0 Å². The van der Waals surface area contributed by atoms with Crippen LogP contribution in [0.25, 0.3) is 0 Å². The van der Waals surface area contributed by atoms with E-state index < -0.39 is 36.4 Å². The van der Waals surface area contributed by atoms with Crippen molar-refractivity contribution in [3.05, 3.63) is 0 Å². The fraction of sp³-hybridized carbons (Fsp3) is 1.00. The minimum absolute atomic E-state index is 0.219. The summed E-state index contributed by atoms with van der Waals surface area (Å²) in [5.74, 6) is -0.456. The molecule has 2 aliphatic rings. The van der Waals surface area contributed by atoms with Gasteiger partial charge in [-0.05, 0) is 0 Å². The summed E-state index contributed by atoms with van der Waals surface area (Å²) in [6.45, 7) is 0.301. The van der Waals surface area contributed by atoms with Crippen molar-refractivity contribution in [3.8, 4) is 0 Å². The second kappa shape index (κ2) is 3.97. The van der Waals surface area contributed by atoms with Crippen LogP contribution in [0.5, 0.6) is 0 Å². The third-order valence-corrected chi connectivity index (χ3v) is 3.50. The minimum atomic E-state index is -1.20. The first-order chi connectivity index (χ1) is 7.06. The van der Waals surface area contributed by atoms with Crippen molar-refractivity contribution in [2.45, 2.75) is 30.5 Å². The first-order valence-electron chi connectivity index (χ1n) is 5.13. The summed E-state index contributed by atoms with van der Waals surface area (Å²) in [4.78, 5) is 1.72. The van der Waals surface area contributed by atoms with Crippen LogP contribution in [0.4, 0.5) is 0 Å². The normalized spacial score (nSPS) is 51.8. The van der Waals surface area contributed by atoms with E-state index in [1.54, 1.807) is 4.90 Å². The van der Waals surface area contributed by atoms with Crippen molar-refractivity contribution in [2.24, 2.45) is 5.92 Å². The molecule has 88 valence electrons. The molecular formula is C9H17NO5. The lowest BCUT2D eigenvalue weighted by Gasteiger charge is -2.41. The molecular weight excluding hydrogens is 202 g/mol. The molecule has 15 heavy (non-hydrogen) atoms. The second-order valence-corrected chi connectivity index (χ2v) is 4.41. The Morgan fingerprint density at radius 2 is 1.53 bits per heavy atom. The van der Waals surface area contributed by atoms with Gasteiger partial charge in [0.15, 0.2) is 0 Å². The predicted molar refractivity (Wildman–Crippen MR) is 50.0 cm³/mol. The van der Waals surface area contributed by atoms with Gasteiger partial charge in [-0.3, -0.25) is 4.90 Å². The molecule has 6 heteroatoms. The molecule has 0 saturated carbocycles. The first-order valence-corrected chi connectivity index (χ1v) is 5.13. The molecule has 0 spiro atoms. The first kappa shape index (κ1) is 11.3. The Bertz CT molecular complexity index is 237. The average Bonchev–Trinajstić information content (AvgIpc) is 2.50. The van der Waals surface area contributed by atoms with Crippen molar-refractivity contribution in [3.63, 3.8) is 0 Å². The summed E-state index contributed by atoms with van der Waals surface area (Å²) in [5, 5.41) is 47.4. The van der Waals surface area contributed by atoms with E-state index in [4.69, 9.17) is 5.11 Å². The monoisotopic (exact) mass is 219 g/mol. The number of piperidine rings is 1. The Morgan fingerprint density at radius 3 is 2.13 bits per heavy atom. The van der Waals surface area contributed by atoms with Gasteiger partial charge in [-0.2, -0.15) is 0 Å². The van der Waals surface area contributed by atoms with Gasteiger partial charge in [0.25, 0.3) is 0 Å². The molecule has 2 aliphatic heterocycles. The molecule has 0 aromatic carbocycles. The molecule has 6 unspecified atom stereocenters. The summed E-state index contributed by atoms with van der Waals surface area (Å²) < 4.78 is 0. The highest BCUT2D eigenvalue weighted by Gasteiger charge is 2.51. The van der Waals surface area contributed by atoms with Crippen molar-refractivity contribution >= 4 is 0 Å². The summed E-state index contributed by atoms with van der Waals surface area (Å²) >= 11 is 0. The van der Waals surface area contributed by atoms with Crippen LogP contribution in [0.2, 0.25) is 0 Å². The quantitative estimate of drug-likeness (QED) is 0.317. The molecule has 0 amide bonds. The van der Waals surface area contributed by atoms with Crippen LogP contribution in [0.15, 0.2) is 0 Å². The van der Waals surface area contributed by atoms with E-state index in [0.717, 1.165) is 0 Å². The molecule has 2 heterocycles. The molecule has 6 nitrogen and oxygen atoms in total. The third kappa shape index (κ3) is 1.67. The topological polar surface area (TPSA) is 104 Å². The highest BCUT2D eigenvalue weighted by Crippen LogP contribution is 2.32. The van der Waals surface area contributed by atoms with Crippen LogP contribution in [0.3, 0.4) is 0 Å². The predicted octanol–water partition coefficient (Wildman–Crippen LogP) is -3.26. The molecule has 0 aromatic heterocycles. The van der Waals surface area contributed by atoms with Crippen molar-refractivity contribution in [2.75, 3.05) is 19.7 Å². The Labute approximate surface area is 87.4 Å². The highest BCUT2D eigenvalue weighted by molar-refractivity contribution is 5.04. The Balaban J connectivity index is 2.18. The largest absolute Gasteiger partial charge is 0.396 e. The highest BCUT2D eigenvalue weighted by atomic mass is 16.4. The molecule has 0 radical (unpaired) electrons. The van der Waals surface area contributed by atoms with Gasteiger partial charge in [-0.1, -0.05) is 0 Å².